The molecular weight excluding hydrogens is 314 g/mol. The predicted molar refractivity (Wildman–Crippen MR) is 70.9 cm³/mol. The molecule has 1 atom stereocenters. The number of carboxylic acids is 1. The van der Waals surface area contributed by atoms with Gasteiger partial charge < -0.3 is 5.11 Å². The molecule has 0 bridgehead atoms. The number of carboxylic acid groups (broad SMARTS) is 1. The lowest BCUT2D eigenvalue weighted by molar-refractivity contribution is -0.141. The molecule has 0 aliphatic carbocycles. The largest absolute Gasteiger partial charge is 0.481 e. The SMILES string of the molecule is CC(CCN1C(=O)c2ccc(Br)cc2C1=O)C(=O)O. The zero-order chi connectivity index (χ0) is 14.2. The zero-order valence-electron chi connectivity index (χ0n) is 10.2. The quantitative estimate of drug-likeness (QED) is 0.861. The van der Waals surface area contributed by atoms with Crippen LogP contribution in [0.15, 0.2) is 22.7 Å². The van der Waals surface area contributed by atoms with Crippen LogP contribution in [-0.2, 0) is 4.79 Å². The van der Waals surface area contributed by atoms with Crippen molar-refractivity contribution in [2.45, 2.75) is 13.3 Å². The number of benzene rings is 1. The molecule has 0 spiro atoms. The van der Waals surface area contributed by atoms with Gasteiger partial charge in [0.25, 0.3) is 11.8 Å². The second-order valence-corrected chi connectivity index (χ2v) is 5.40. The Labute approximate surface area is 118 Å². The van der Waals surface area contributed by atoms with E-state index < -0.39 is 11.9 Å². The molecule has 0 fully saturated rings. The maximum Gasteiger partial charge on any atom is 0.306 e. The topological polar surface area (TPSA) is 74.7 Å². The maximum absolute atomic E-state index is 12.1. The van der Waals surface area contributed by atoms with Gasteiger partial charge in [-0.25, -0.2) is 0 Å². The lowest BCUT2D eigenvalue weighted by Crippen LogP contribution is -2.32. The van der Waals surface area contributed by atoms with Gasteiger partial charge in [0.1, 0.15) is 0 Å². The van der Waals surface area contributed by atoms with Crippen molar-refractivity contribution in [3.05, 3.63) is 33.8 Å². The highest BCUT2D eigenvalue weighted by molar-refractivity contribution is 9.10. The molecule has 0 aromatic heterocycles. The van der Waals surface area contributed by atoms with Gasteiger partial charge in [-0.1, -0.05) is 22.9 Å². The molecule has 0 saturated carbocycles. The average molecular weight is 326 g/mol. The van der Waals surface area contributed by atoms with E-state index in [9.17, 15) is 14.4 Å². The molecule has 19 heavy (non-hydrogen) atoms. The van der Waals surface area contributed by atoms with Gasteiger partial charge in [0, 0.05) is 11.0 Å². The molecule has 1 N–H and O–H groups in total. The second kappa shape index (κ2) is 5.13. The van der Waals surface area contributed by atoms with E-state index in [1.165, 1.54) is 0 Å². The molecule has 2 amide bonds. The summed E-state index contributed by atoms with van der Waals surface area (Å²) in [5.41, 5.74) is 0.735. The number of nitrogens with zero attached hydrogens (tertiary/aromatic N) is 1. The third-order valence-corrected chi connectivity index (χ3v) is 3.63. The lowest BCUT2D eigenvalue weighted by atomic mass is 10.1. The fourth-order valence-electron chi connectivity index (χ4n) is 1.91. The van der Waals surface area contributed by atoms with Crippen molar-refractivity contribution in [3.63, 3.8) is 0 Å². The van der Waals surface area contributed by atoms with Crippen LogP contribution >= 0.6 is 15.9 Å². The summed E-state index contributed by atoms with van der Waals surface area (Å²) in [4.78, 5) is 36.0. The van der Waals surface area contributed by atoms with Crippen molar-refractivity contribution >= 4 is 33.7 Å². The summed E-state index contributed by atoms with van der Waals surface area (Å²) in [7, 11) is 0. The fourth-order valence-corrected chi connectivity index (χ4v) is 2.27. The van der Waals surface area contributed by atoms with Crippen LogP contribution in [0.2, 0.25) is 0 Å². The summed E-state index contributed by atoms with van der Waals surface area (Å²) in [5, 5.41) is 8.80. The van der Waals surface area contributed by atoms with E-state index in [1.54, 1.807) is 25.1 Å². The number of imide groups is 1. The third-order valence-electron chi connectivity index (χ3n) is 3.14. The second-order valence-electron chi connectivity index (χ2n) is 4.48. The first-order chi connectivity index (χ1) is 8.91. The maximum atomic E-state index is 12.1. The zero-order valence-corrected chi connectivity index (χ0v) is 11.8. The van der Waals surface area contributed by atoms with Crippen LogP contribution in [0.1, 0.15) is 34.1 Å². The monoisotopic (exact) mass is 325 g/mol. The van der Waals surface area contributed by atoms with E-state index in [4.69, 9.17) is 5.11 Å². The Morgan fingerprint density at radius 1 is 1.32 bits per heavy atom. The van der Waals surface area contributed by atoms with Crippen molar-refractivity contribution in [3.8, 4) is 0 Å². The van der Waals surface area contributed by atoms with E-state index in [-0.39, 0.29) is 24.8 Å². The summed E-state index contributed by atoms with van der Waals surface area (Å²) in [6, 6.07) is 4.91. The van der Waals surface area contributed by atoms with E-state index in [2.05, 4.69) is 15.9 Å². The molecule has 100 valence electrons. The highest BCUT2D eigenvalue weighted by Crippen LogP contribution is 2.26. The van der Waals surface area contributed by atoms with Crippen molar-refractivity contribution < 1.29 is 19.5 Å². The number of rotatable bonds is 4. The highest BCUT2D eigenvalue weighted by Gasteiger charge is 2.35. The molecule has 1 unspecified atom stereocenters. The van der Waals surface area contributed by atoms with Crippen molar-refractivity contribution in [2.24, 2.45) is 5.92 Å². The summed E-state index contributed by atoms with van der Waals surface area (Å²) < 4.78 is 0.730. The normalized spacial score (nSPS) is 15.6. The smallest absolute Gasteiger partial charge is 0.306 e. The van der Waals surface area contributed by atoms with Gasteiger partial charge in [-0.05, 0) is 24.6 Å². The number of fused-ring (bicyclic) bond motifs is 1. The minimum atomic E-state index is -0.931. The molecule has 1 aliphatic heterocycles. The van der Waals surface area contributed by atoms with Crippen LogP contribution in [0.3, 0.4) is 0 Å². The van der Waals surface area contributed by atoms with Crippen molar-refractivity contribution in [1.29, 1.82) is 0 Å². The summed E-state index contributed by atoms with van der Waals surface area (Å²) in [6.07, 6.45) is 0.252. The Kier molecular flexibility index (Phi) is 3.71. The number of aliphatic carboxylic acids is 1. The summed E-state index contributed by atoms with van der Waals surface area (Å²) in [6.45, 7) is 1.68. The highest BCUT2D eigenvalue weighted by atomic mass is 79.9. The molecule has 1 heterocycles. The van der Waals surface area contributed by atoms with Crippen LogP contribution in [0, 0.1) is 5.92 Å². The molecule has 1 aliphatic rings. The number of hydrogen-bond acceptors (Lipinski definition) is 3. The molecule has 0 radical (unpaired) electrons. The van der Waals surface area contributed by atoms with Crippen LogP contribution < -0.4 is 0 Å². The Hall–Kier alpha value is -1.69. The lowest BCUT2D eigenvalue weighted by Gasteiger charge is -2.15. The molecule has 6 heteroatoms. The van der Waals surface area contributed by atoms with E-state index >= 15 is 0 Å². The standard InChI is InChI=1S/C13H12BrNO4/c1-7(13(18)19)4-5-15-11(16)9-3-2-8(14)6-10(9)12(15)17/h2-3,6-7H,4-5H2,1H3,(H,18,19). The van der Waals surface area contributed by atoms with Crippen LogP contribution in [0.25, 0.3) is 0 Å². The van der Waals surface area contributed by atoms with E-state index in [1.807, 2.05) is 0 Å². The van der Waals surface area contributed by atoms with E-state index in [0.717, 1.165) is 9.37 Å². The number of carbonyl (C=O) groups is 3. The van der Waals surface area contributed by atoms with Gasteiger partial charge in [0.15, 0.2) is 0 Å². The van der Waals surface area contributed by atoms with Gasteiger partial charge in [0.05, 0.1) is 17.0 Å². The molecule has 0 saturated heterocycles. The van der Waals surface area contributed by atoms with Gasteiger partial charge in [0.2, 0.25) is 0 Å². The van der Waals surface area contributed by atoms with Crippen LogP contribution in [0.5, 0.6) is 0 Å². The molecular formula is C13H12BrNO4. The summed E-state index contributed by atoms with van der Waals surface area (Å²) >= 11 is 3.25. The Morgan fingerprint density at radius 2 is 1.95 bits per heavy atom. The predicted octanol–water partition coefficient (Wildman–Crippen LogP) is 2.16. The van der Waals surface area contributed by atoms with Gasteiger partial charge >= 0.3 is 5.97 Å². The molecule has 1 aromatic carbocycles. The first-order valence-corrected chi connectivity index (χ1v) is 6.59. The van der Waals surface area contributed by atoms with Crippen molar-refractivity contribution in [2.75, 3.05) is 6.54 Å². The first kappa shape index (κ1) is 13.7. The molecule has 5 nitrogen and oxygen atoms in total. The number of amides is 2. The van der Waals surface area contributed by atoms with Crippen LogP contribution in [-0.4, -0.2) is 34.3 Å². The fraction of sp³-hybridized carbons (Fsp3) is 0.308. The van der Waals surface area contributed by atoms with Crippen molar-refractivity contribution in [1.82, 2.24) is 4.90 Å². The van der Waals surface area contributed by atoms with Gasteiger partial charge in [-0.3, -0.25) is 19.3 Å². The Bertz CT molecular complexity index is 570. The number of hydrogen-bond donors (Lipinski definition) is 1. The summed E-state index contributed by atoms with van der Waals surface area (Å²) in [5.74, 6) is -2.24. The average Bonchev–Trinajstić information content (AvgIpc) is 2.59. The molecule has 1 aromatic rings. The number of halogens is 1. The minimum Gasteiger partial charge on any atom is -0.481 e. The number of carbonyl (C=O) groups excluding carboxylic acids is 2. The van der Waals surface area contributed by atoms with Gasteiger partial charge in [-0.2, -0.15) is 0 Å². The van der Waals surface area contributed by atoms with E-state index in [0.29, 0.717) is 11.1 Å². The Balaban J connectivity index is 2.16. The van der Waals surface area contributed by atoms with Crippen LogP contribution in [0.4, 0.5) is 0 Å². The Morgan fingerprint density at radius 3 is 2.58 bits per heavy atom. The first-order valence-electron chi connectivity index (χ1n) is 5.80. The molecule has 2 rings (SSSR count). The third kappa shape index (κ3) is 2.53. The van der Waals surface area contributed by atoms with Gasteiger partial charge in [-0.15, -0.1) is 0 Å². The minimum absolute atomic E-state index is 0.122.